The number of hydrogen-bond acceptors (Lipinski definition) is 4. The van der Waals surface area contributed by atoms with Gasteiger partial charge in [-0.3, -0.25) is 4.79 Å². The molecular weight excluding hydrogens is 328 g/mol. The third-order valence-electron chi connectivity index (χ3n) is 3.42. The maximum absolute atomic E-state index is 11.9. The Morgan fingerprint density at radius 3 is 2.67 bits per heavy atom. The Balaban J connectivity index is 0.00000288. The third-order valence-corrected chi connectivity index (χ3v) is 3.42. The minimum atomic E-state index is -0.208. The van der Waals surface area contributed by atoms with E-state index in [1.165, 1.54) is 5.56 Å². The van der Waals surface area contributed by atoms with Gasteiger partial charge in [0.2, 0.25) is 0 Å². The summed E-state index contributed by atoms with van der Waals surface area (Å²) in [7, 11) is 0. The fraction of sp³-hybridized carbons (Fsp3) is 0.389. The van der Waals surface area contributed by atoms with E-state index in [0.29, 0.717) is 24.7 Å². The summed E-state index contributed by atoms with van der Waals surface area (Å²) in [6.45, 7) is 8.58. The van der Waals surface area contributed by atoms with Gasteiger partial charge in [0, 0.05) is 13.1 Å². The van der Waals surface area contributed by atoms with Gasteiger partial charge < -0.3 is 19.8 Å². The van der Waals surface area contributed by atoms with Gasteiger partial charge in [-0.1, -0.05) is 24.6 Å². The number of amides is 1. The number of ether oxygens (including phenoxy) is 1. The van der Waals surface area contributed by atoms with Crippen molar-refractivity contribution in [2.45, 2.75) is 27.4 Å². The second-order valence-corrected chi connectivity index (χ2v) is 5.43. The third kappa shape index (κ3) is 5.91. The van der Waals surface area contributed by atoms with E-state index in [-0.39, 0.29) is 18.3 Å². The molecule has 1 heterocycles. The predicted molar refractivity (Wildman–Crippen MR) is 97.1 cm³/mol. The van der Waals surface area contributed by atoms with Gasteiger partial charge in [-0.25, -0.2) is 0 Å². The predicted octanol–water partition coefficient (Wildman–Crippen LogP) is 3.24. The van der Waals surface area contributed by atoms with Crippen LogP contribution < -0.4 is 15.4 Å². The van der Waals surface area contributed by atoms with Gasteiger partial charge in [-0.15, -0.1) is 12.4 Å². The van der Waals surface area contributed by atoms with Gasteiger partial charge in [0.15, 0.2) is 5.76 Å². The van der Waals surface area contributed by atoms with E-state index in [0.717, 1.165) is 24.4 Å². The zero-order chi connectivity index (χ0) is 16.7. The zero-order valence-electron chi connectivity index (χ0n) is 14.3. The summed E-state index contributed by atoms with van der Waals surface area (Å²) in [6.07, 6.45) is 0. The molecule has 24 heavy (non-hydrogen) atoms. The van der Waals surface area contributed by atoms with Crippen LogP contribution in [0.4, 0.5) is 0 Å². The lowest BCUT2D eigenvalue weighted by Crippen LogP contribution is -2.31. The van der Waals surface area contributed by atoms with E-state index in [9.17, 15) is 4.79 Å². The molecule has 0 spiro atoms. The topological polar surface area (TPSA) is 63.5 Å². The average Bonchev–Trinajstić information content (AvgIpc) is 2.99. The van der Waals surface area contributed by atoms with Crippen LogP contribution >= 0.6 is 12.4 Å². The first-order chi connectivity index (χ1) is 11.1. The molecule has 2 N–H and O–H groups in total. The molecule has 5 nitrogen and oxygen atoms in total. The van der Waals surface area contributed by atoms with Crippen molar-refractivity contribution < 1.29 is 13.9 Å². The lowest BCUT2D eigenvalue weighted by molar-refractivity contribution is 0.0922. The zero-order valence-corrected chi connectivity index (χ0v) is 15.2. The molecule has 1 amide bonds. The van der Waals surface area contributed by atoms with Crippen LogP contribution in [-0.2, 0) is 6.61 Å². The van der Waals surface area contributed by atoms with Gasteiger partial charge >= 0.3 is 0 Å². The fourth-order valence-electron chi connectivity index (χ4n) is 2.22. The summed E-state index contributed by atoms with van der Waals surface area (Å²) in [4.78, 5) is 11.9. The minimum absolute atomic E-state index is 0. The van der Waals surface area contributed by atoms with Gasteiger partial charge in [-0.05, 0) is 44.2 Å². The molecule has 0 bridgehead atoms. The van der Waals surface area contributed by atoms with Crippen LogP contribution in [0.3, 0.4) is 0 Å². The van der Waals surface area contributed by atoms with Crippen molar-refractivity contribution >= 4 is 18.3 Å². The highest BCUT2D eigenvalue weighted by atomic mass is 35.5. The monoisotopic (exact) mass is 352 g/mol. The summed E-state index contributed by atoms with van der Waals surface area (Å²) in [5.74, 6) is 1.55. The molecule has 0 saturated carbocycles. The number of nitrogens with one attached hydrogen (secondary N) is 2. The number of rotatable bonds is 8. The van der Waals surface area contributed by atoms with Crippen molar-refractivity contribution in [3.05, 3.63) is 53.0 Å². The summed E-state index contributed by atoms with van der Waals surface area (Å²) >= 11 is 0. The molecule has 0 aliphatic carbocycles. The first kappa shape index (κ1) is 20.1. The number of furan rings is 1. The van der Waals surface area contributed by atoms with Crippen LogP contribution in [0, 0.1) is 13.8 Å². The largest absolute Gasteiger partial charge is 0.485 e. The molecule has 2 aromatic rings. The number of carbonyl (C=O) groups is 1. The Bertz CT molecular complexity index is 655. The van der Waals surface area contributed by atoms with Gasteiger partial charge in [0.1, 0.15) is 18.1 Å². The van der Waals surface area contributed by atoms with Crippen molar-refractivity contribution in [1.29, 1.82) is 0 Å². The summed E-state index contributed by atoms with van der Waals surface area (Å²) in [5, 5.41) is 5.94. The van der Waals surface area contributed by atoms with Crippen molar-refractivity contribution in [1.82, 2.24) is 10.6 Å². The van der Waals surface area contributed by atoms with Crippen LogP contribution in [0.5, 0.6) is 5.75 Å². The first-order valence-corrected chi connectivity index (χ1v) is 7.88. The maximum atomic E-state index is 11.9. The van der Waals surface area contributed by atoms with E-state index in [1.54, 1.807) is 12.1 Å². The van der Waals surface area contributed by atoms with Crippen LogP contribution in [0.25, 0.3) is 0 Å². The first-order valence-electron chi connectivity index (χ1n) is 7.88. The average molecular weight is 353 g/mol. The fourth-order valence-corrected chi connectivity index (χ4v) is 2.22. The molecule has 132 valence electrons. The maximum Gasteiger partial charge on any atom is 0.287 e. The number of likely N-dealkylation sites (N-methyl/N-ethyl adjacent to an activating group) is 1. The Morgan fingerprint density at radius 1 is 1.17 bits per heavy atom. The smallest absolute Gasteiger partial charge is 0.287 e. The van der Waals surface area contributed by atoms with E-state index in [1.807, 2.05) is 32.9 Å². The molecular formula is C18H25ClN2O3. The van der Waals surface area contributed by atoms with Crippen molar-refractivity contribution in [3.8, 4) is 5.75 Å². The Morgan fingerprint density at radius 2 is 1.96 bits per heavy atom. The SMILES string of the molecule is CCNCCNC(=O)c1ccc(COc2ccc(C)cc2C)o1.Cl. The number of carbonyl (C=O) groups excluding carboxylic acids is 1. The number of halogens is 1. The summed E-state index contributed by atoms with van der Waals surface area (Å²) in [5.41, 5.74) is 2.28. The van der Waals surface area contributed by atoms with Gasteiger partial charge in [0.05, 0.1) is 0 Å². The Kier molecular flexibility index (Phi) is 8.36. The van der Waals surface area contributed by atoms with Crippen LogP contribution in [0.1, 0.15) is 34.4 Å². The lowest BCUT2D eigenvalue weighted by atomic mass is 10.1. The normalized spacial score (nSPS) is 10.1. The Labute approximate surface area is 149 Å². The molecule has 0 unspecified atom stereocenters. The van der Waals surface area contributed by atoms with E-state index < -0.39 is 0 Å². The molecule has 0 fully saturated rings. The molecule has 1 aromatic carbocycles. The summed E-state index contributed by atoms with van der Waals surface area (Å²) < 4.78 is 11.3. The highest BCUT2D eigenvalue weighted by Gasteiger charge is 2.11. The Hall–Kier alpha value is -1.98. The molecule has 1 aromatic heterocycles. The summed E-state index contributed by atoms with van der Waals surface area (Å²) in [6, 6.07) is 9.46. The highest BCUT2D eigenvalue weighted by Crippen LogP contribution is 2.20. The van der Waals surface area contributed by atoms with Crippen molar-refractivity contribution in [2.24, 2.45) is 0 Å². The lowest BCUT2D eigenvalue weighted by Gasteiger charge is -2.08. The highest BCUT2D eigenvalue weighted by molar-refractivity contribution is 5.91. The second-order valence-electron chi connectivity index (χ2n) is 5.43. The molecule has 0 atom stereocenters. The molecule has 0 aliphatic heterocycles. The van der Waals surface area contributed by atoms with Crippen LogP contribution in [0.15, 0.2) is 34.7 Å². The van der Waals surface area contributed by atoms with E-state index in [4.69, 9.17) is 9.15 Å². The minimum Gasteiger partial charge on any atom is -0.485 e. The van der Waals surface area contributed by atoms with Gasteiger partial charge in [0.25, 0.3) is 5.91 Å². The van der Waals surface area contributed by atoms with Crippen LogP contribution in [-0.4, -0.2) is 25.5 Å². The van der Waals surface area contributed by atoms with Crippen LogP contribution in [0.2, 0.25) is 0 Å². The molecule has 0 aliphatic rings. The quantitative estimate of drug-likeness (QED) is 0.716. The van der Waals surface area contributed by atoms with E-state index in [2.05, 4.69) is 16.7 Å². The van der Waals surface area contributed by atoms with Crippen molar-refractivity contribution in [3.63, 3.8) is 0 Å². The molecule has 2 rings (SSSR count). The molecule has 0 radical (unpaired) electrons. The standard InChI is InChI=1S/C18H24N2O3.ClH/c1-4-19-9-10-20-18(21)17-8-6-15(23-17)12-22-16-7-5-13(2)11-14(16)3;/h5-8,11,19H,4,9-10,12H2,1-3H3,(H,20,21);1H. The molecule has 0 saturated heterocycles. The van der Waals surface area contributed by atoms with E-state index >= 15 is 0 Å². The second kappa shape index (κ2) is 10.0. The molecule has 6 heteroatoms. The van der Waals surface area contributed by atoms with Gasteiger partial charge in [-0.2, -0.15) is 0 Å². The van der Waals surface area contributed by atoms with Crippen molar-refractivity contribution in [2.75, 3.05) is 19.6 Å². The number of benzene rings is 1. The number of aryl methyl sites for hydroxylation is 2. The number of hydrogen-bond donors (Lipinski definition) is 2.